The maximum Gasteiger partial charge on any atom is 0.119 e. The van der Waals surface area contributed by atoms with E-state index in [1.54, 1.807) is 0 Å². The monoisotopic (exact) mass is 209 g/mol. The summed E-state index contributed by atoms with van der Waals surface area (Å²) in [5.41, 5.74) is 6.30. The Kier molecular flexibility index (Phi) is 5.81. The predicted octanol–water partition coefficient (Wildman–Crippen LogP) is 1.69. The van der Waals surface area contributed by atoms with E-state index in [9.17, 15) is 0 Å². The lowest BCUT2D eigenvalue weighted by molar-refractivity contribution is 0.281. The Hall–Kier alpha value is -1.06. The first-order valence-electron chi connectivity index (χ1n) is 5.39. The SMILES string of the molecule is NCCCCCOc1ccc(CO)cc1. The highest BCUT2D eigenvalue weighted by molar-refractivity contribution is 5.26. The summed E-state index contributed by atoms with van der Waals surface area (Å²) in [5, 5.41) is 8.85. The molecule has 3 heteroatoms. The van der Waals surface area contributed by atoms with Gasteiger partial charge in [0.2, 0.25) is 0 Å². The van der Waals surface area contributed by atoms with Gasteiger partial charge in [-0.2, -0.15) is 0 Å². The zero-order chi connectivity index (χ0) is 10.9. The standard InChI is InChI=1S/C12H19NO2/c13-8-2-1-3-9-15-12-6-4-11(10-14)5-7-12/h4-7,14H,1-3,8-10,13H2. The van der Waals surface area contributed by atoms with Crippen molar-refractivity contribution in [2.24, 2.45) is 5.73 Å². The van der Waals surface area contributed by atoms with Gasteiger partial charge in [-0.05, 0) is 43.5 Å². The maximum absolute atomic E-state index is 8.85. The number of nitrogens with two attached hydrogens (primary N) is 1. The van der Waals surface area contributed by atoms with Crippen LogP contribution in [0.5, 0.6) is 5.75 Å². The minimum absolute atomic E-state index is 0.0801. The molecule has 0 saturated heterocycles. The van der Waals surface area contributed by atoms with Gasteiger partial charge in [-0.25, -0.2) is 0 Å². The van der Waals surface area contributed by atoms with Crippen LogP contribution in [0.25, 0.3) is 0 Å². The molecule has 0 amide bonds. The number of aliphatic hydroxyl groups is 1. The molecule has 0 spiro atoms. The summed E-state index contributed by atoms with van der Waals surface area (Å²) in [6.45, 7) is 1.57. The van der Waals surface area contributed by atoms with Crippen molar-refractivity contribution in [3.8, 4) is 5.75 Å². The summed E-state index contributed by atoms with van der Waals surface area (Å²) in [7, 11) is 0. The second kappa shape index (κ2) is 7.26. The van der Waals surface area contributed by atoms with Crippen LogP contribution in [0.15, 0.2) is 24.3 Å². The third-order valence-electron chi connectivity index (χ3n) is 2.22. The van der Waals surface area contributed by atoms with Gasteiger partial charge in [-0.1, -0.05) is 12.1 Å². The lowest BCUT2D eigenvalue weighted by Crippen LogP contribution is -2.01. The number of hydrogen-bond acceptors (Lipinski definition) is 3. The van der Waals surface area contributed by atoms with Gasteiger partial charge >= 0.3 is 0 Å². The molecule has 0 saturated carbocycles. The van der Waals surface area contributed by atoms with Crippen LogP contribution in [0.1, 0.15) is 24.8 Å². The minimum Gasteiger partial charge on any atom is -0.494 e. The molecule has 0 aliphatic carbocycles. The molecule has 15 heavy (non-hydrogen) atoms. The van der Waals surface area contributed by atoms with Crippen LogP contribution in [0, 0.1) is 0 Å². The van der Waals surface area contributed by atoms with Crippen molar-refractivity contribution >= 4 is 0 Å². The van der Waals surface area contributed by atoms with Crippen molar-refractivity contribution in [1.82, 2.24) is 0 Å². The lowest BCUT2D eigenvalue weighted by atomic mass is 10.2. The molecule has 0 atom stereocenters. The number of rotatable bonds is 7. The molecule has 1 rings (SSSR count). The maximum atomic E-state index is 8.85. The van der Waals surface area contributed by atoms with Crippen LogP contribution in [0.4, 0.5) is 0 Å². The van der Waals surface area contributed by atoms with E-state index in [1.165, 1.54) is 0 Å². The lowest BCUT2D eigenvalue weighted by Gasteiger charge is -2.06. The fourth-order valence-electron chi connectivity index (χ4n) is 1.30. The van der Waals surface area contributed by atoms with Crippen LogP contribution in [0.2, 0.25) is 0 Å². The van der Waals surface area contributed by atoms with Gasteiger partial charge in [0, 0.05) is 0 Å². The van der Waals surface area contributed by atoms with E-state index in [2.05, 4.69) is 0 Å². The molecular formula is C12H19NO2. The van der Waals surface area contributed by atoms with E-state index in [1.807, 2.05) is 24.3 Å². The molecule has 84 valence electrons. The third kappa shape index (κ3) is 4.81. The van der Waals surface area contributed by atoms with Crippen molar-refractivity contribution in [2.45, 2.75) is 25.9 Å². The average Bonchev–Trinajstić information content (AvgIpc) is 2.30. The zero-order valence-electron chi connectivity index (χ0n) is 8.98. The summed E-state index contributed by atoms with van der Waals surface area (Å²) in [5.74, 6) is 0.861. The molecule has 0 heterocycles. The number of unbranched alkanes of at least 4 members (excludes halogenated alkanes) is 2. The molecule has 0 aromatic heterocycles. The number of hydrogen-bond donors (Lipinski definition) is 2. The van der Waals surface area contributed by atoms with E-state index in [0.717, 1.165) is 43.7 Å². The summed E-state index contributed by atoms with van der Waals surface area (Å²) in [6, 6.07) is 7.51. The Morgan fingerprint density at radius 2 is 1.80 bits per heavy atom. The second-order valence-corrected chi connectivity index (χ2v) is 3.50. The molecule has 0 unspecified atom stereocenters. The molecule has 1 aromatic carbocycles. The van der Waals surface area contributed by atoms with Crippen molar-refractivity contribution in [3.05, 3.63) is 29.8 Å². The molecule has 0 fully saturated rings. The van der Waals surface area contributed by atoms with E-state index >= 15 is 0 Å². The van der Waals surface area contributed by atoms with Gasteiger partial charge < -0.3 is 15.6 Å². The molecule has 0 radical (unpaired) electrons. The first kappa shape index (κ1) is 12.0. The van der Waals surface area contributed by atoms with Crippen molar-refractivity contribution in [1.29, 1.82) is 0 Å². The van der Waals surface area contributed by atoms with Gasteiger partial charge in [0.25, 0.3) is 0 Å². The normalized spacial score (nSPS) is 10.3. The third-order valence-corrected chi connectivity index (χ3v) is 2.22. The van der Waals surface area contributed by atoms with Crippen LogP contribution in [-0.4, -0.2) is 18.3 Å². The minimum atomic E-state index is 0.0801. The van der Waals surface area contributed by atoms with Gasteiger partial charge in [-0.15, -0.1) is 0 Å². The van der Waals surface area contributed by atoms with Crippen LogP contribution < -0.4 is 10.5 Å². The second-order valence-electron chi connectivity index (χ2n) is 3.50. The van der Waals surface area contributed by atoms with E-state index < -0.39 is 0 Å². The molecule has 0 aliphatic heterocycles. The summed E-state index contributed by atoms with van der Waals surface area (Å²) in [4.78, 5) is 0. The van der Waals surface area contributed by atoms with Gasteiger partial charge in [0.15, 0.2) is 0 Å². The molecule has 0 aliphatic rings. The Morgan fingerprint density at radius 1 is 1.07 bits per heavy atom. The Morgan fingerprint density at radius 3 is 2.40 bits per heavy atom. The number of aliphatic hydroxyl groups excluding tert-OH is 1. The number of benzene rings is 1. The average molecular weight is 209 g/mol. The predicted molar refractivity (Wildman–Crippen MR) is 60.8 cm³/mol. The Balaban J connectivity index is 2.20. The van der Waals surface area contributed by atoms with Gasteiger partial charge in [0.05, 0.1) is 13.2 Å². The van der Waals surface area contributed by atoms with E-state index in [4.69, 9.17) is 15.6 Å². The zero-order valence-corrected chi connectivity index (χ0v) is 8.98. The number of ether oxygens (including phenoxy) is 1. The Labute approximate surface area is 90.9 Å². The Bertz CT molecular complexity index is 259. The molecule has 0 bridgehead atoms. The fourth-order valence-corrected chi connectivity index (χ4v) is 1.30. The van der Waals surface area contributed by atoms with Crippen LogP contribution in [0.3, 0.4) is 0 Å². The highest BCUT2D eigenvalue weighted by Gasteiger charge is 1.94. The summed E-state index contributed by atoms with van der Waals surface area (Å²) < 4.78 is 5.53. The highest BCUT2D eigenvalue weighted by Crippen LogP contribution is 2.12. The van der Waals surface area contributed by atoms with E-state index in [0.29, 0.717) is 0 Å². The summed E-state index contributed by atoms with van der Waals surface area (Å²) in [6.07, 6.45) is 3.22. The van der Waals surface area contributed by atoms with Crippen LogP contribution >= 0.6 is 0 Å². The summed E-state index contributed by atoms with van der Waals surface area (Å²) >= 11 is 0. The van der Waals surface area contributed by atoms with E-state index in [-0.39, 0.29) is 6.61 Å². The topological polar surface area (TPSA) is 55.5 Å². The molecule has 1 aromatic rings. The van der Waals surface area contributed by atoms with Crippen molar-refractivity contribution in [2.75, 3.05) is 13.2 Å². The van der Waals surface area contributed by atoms with Crippen molar-refractivity contribution in [3.63, 3.8) is 0 Å². The smallest absolute Gasteiger partial charge is 0.119 e. The van der Waals surface area contributed by atoms with Crippen molar-refractivity contribution < 1.29 is 9.84 Å². The molecule has 3 nitrogen and oxygen atoms in total. The molecular weight excluding hydrogens is 190 g/mol. The largest absolute Gasteiger partial charge is 0.494 e. The first-order chi connectivity index (χ1) is 7.36. The van der Waals surface area contributed by atoms with Gasteiger partial charge in [0.1, 0.15) is 5.75 Å². The van der Waals surface area contributed by atoms with Gasteiger partial charge in [-0.3, -0.25) is 0 Å². The first-order valence-corrected chi connectivity index (χ1v) is 5.39. The van der Waals surface area contributed by atoms with Crippen LogP contribution in [-0.2, 0) is 6.61 Å². The highest BCUT2D eigenvalue weighted by atomic mass is 16.5. The fraction of sp³-hybridized carbons (Fsp3) is 0.500. The molecule has 3 N–H and O–H groups in total. The quantitative estimate of drug-likeness (QED) is 0.672.